The molecule has 0 fully saturated rings. The Bertz CT molecular complexity index is 754. The van der Waals surface area contributed by atoms with Crippen molar-refractivity contribution in [3.05, 3.63) is 47.5 Å². The molecule has 2 aromatic heterocycles. The minimum atomic E-state index is -0.126. The molecule has 0 N–H and O–H groups in total. The Labute approximate surface area is 123 Å². The SMILES string of the molecule is Cc1cccc2nc(C(C)Cl)n(Cc3cnn(C)c3)c12. The molecule has 0 bridgehead atoms. The van der Waals surface area contributed by atoms with Crippen LogP contribution in [0.25, 0.3) is 11.0 Å². The van der Waals surface area contributed by atoms with Gasteiger partial charge in [-0.15, -0.1) is 11.6 Å². The number of nitrogens with zero attached hydrogens (tertiary/aromatic N) is 4. The number of hydrogen-bond donors (Lipinski definition) is 0. The monoisotopic (exact) mass is 288 g/mol. The van der Waals surface area contributed by atoms with E-state index < -0.39 is 0 Å². The van der Waals surface area contributed by atoms with Crippen LogP contribution < -0.4 is 0 Å². The maximum atomic E-state index is 6.30. The first-order valence-electron chi connectivity index (χ1n) is 6.63. The smallest absolute Gasteiger partial charge is 0.128 e. The highest BCUT2D eigenvalue weighted by Crippen LogP contribution is 2.27. The number of rotatable bonds is 3. The third kappa shape index (κ3) is 2.20. The summed E-state index contributed by atoms with van der Waals surface area (Å²) in [7, 11) is 1.92. The van der Waals surface area contributed by atoms with Gasteiger partial charge < -0.3 is 4.57 Å². The Morgan fingerprint density at radius 2 is 2.15 bits per heavy atom. The van der Waals surface area contributed by atoms with Crippen LogP contribution in [0.2, 0.25) is 0 Å². The fourth-order valence-electron chi connectivity index (χ4n) is 2.58. The first-order chi connectivity index (χ1) is 9.56. The summed E-state index contributed by atoms with van der Waals surface area (Å²) < 4.78 is 4.00. The van der Waals surface area contributed by atoms with Gasteiger partial charge in [0.05, 0.1) is 29.2 Å². The number of fused-ring (bicyclic) bond motifs is 1. The molecular formula is C15H17ClN4. The van der Waals surface area contributed by atoms with E-state index in [1.54, 1.807) is 0 Å². The van der Waals surface area contributed by atoms with Crippen LogP contribution in [0.1, 0.15) is 29.3 Å². The zero-order valence-corrected chi connectivity index (χ0v) is 12.6. The van der Waals surface area contributed by atoms with Crippen molar-refractivity contribution in [3.63, 3.8) is 0 Å². The van der Waals surface area contributed by atoms with E-state index in [2.05, 4.69) is 27.6 Å². The zero-order valence-electron chi connectivity index (χ0n) is 11.8. The van der Waals surface area contributed by atoms with Crippen LogP contribution in [0.3, 0.4) is 0 Å². The van der Waals surface area contributed by atoms with E-state index in [0.717, 1.165) is 29.0 Å². The van der Waals surface area contributed by atoms with E-state index >= 15 is 0 Å². The van der Waals surface area contributed by atoms with Gasteiger partial charge in [-0.25, -0.2) is 4.98 Å². The van der Waals surface area contributed by atoms with E-state index in [1.807, 2.05) is 43.2 Å². The zero-order chi connectivity index (χ0) is 14.3. The van der Waals surface area contributed by atoms with Gasteiger partial charge in [-0.1, -0.05) is 12.1 Å². The summed E-state index contributed by atoms with van der Waals surface area (Å²) in [5.74, 6) is 0.903. The fraction of sp³-hybridized carbons (Fsp3) is 0.333. The maximum Gasteiger partial charge on any atom is 0.128 e. The van der Waals surface area contributed by atoms with Gasteiger partial charge in [0.15, 0.2) is 0 Å². The lowest BCUT2D eigenvalue weighted by Gasteiger charge is -2.10. The number of imidazole rings is 1. The molecule has 0 radical (unpaired) electrons. The average molecular weight is 289 g/mol. The molecule has 0 spiro atoms. The van der Waals surface area contributed by atoms with E-state index in [0.29, 0.717) is 0 Å². The summed E-state index contributed by atoms with van der Waals surface area (Å²) in [5, 5.41) is 4.10. The number of halogens is 1. The highest BCUT2D eigenvalue weighted by Gasteiger charge is 2.16. The largest absolute Gasteiger partial charge is 0.322 e. The quantitative estimate of drug-likeness (QED) is 0.692. The molecule has 104 valence electrons. The highest BCUT2D eigenvalue weighted by atomic mass is 35.5. The molecule has 4 nitrogen and oxygen atoms in total. The van der Waals surface area contributed by atoms with E-state index in [9.17, 15) is 0 Å². The third-order valence-corrected chi connectivity index (χ3v) is 3.65. The van der Waals surface area contributed by atoms with Crippen molar-refractivity contribution in [1.29, 1.82) is 0 Å². The van der Waals surface area contributed by atoms with Crippen LogP contribution in [0, 0.1) is 6.92 Å². The normalized spacial score (nSPS) is 13.0. The molecule has 2 heterocycles. The van der Waals surface area contributed by atoms with E-state index in [1.165, 1.54) is 5.56 Å². The predicted octanol–water partition coefficient (Wildman–Crippen LogP) is 3.43. The van der Waals surface area contributed by atoms with Crippen molar-refractivity contribution < 1.29 is 0 Å². The third-order valence-electron chi connectivity index (χ3n) is 3.45. The van der Waals surface area contributed by atoms with Gasteiger partial charge in [-0.3, -0.25) is 4.68 Å². The lowest BCUT2D eigenvalue weighted by molar-refractivity contribution is 0.737. The van der Waals surface area contributed by atoms with Gasteiger partial charge >= 0.3 is 0 Å². The Morgan fingerprint density at radius 3 is 2.80 bits per heavy atom. The molecule has 1 atom stereocenters. The summed E-state index contributed by atoms with van der Waals surface area (Å²) in [4.78, 5) is 4.68. The van der Waals surface area contributed by atoms with Crippen molar-refractivity contribution in [1.82, 2.24) is 19.3 Å². The van der Waals surface area contributed by atoms with Crippen molar-refractivity contribution in [2.24, 2.45) is 7.05 Å². The second kappa shape index (κ2) is 4.94. The van der Waals surface area contributed by atoms with Crippen LogP contribution in [-0.4, -0.2) is 19.3 Å². The Kier molecular flexibility index (Phi) is 3.26. The van der Waals surface area contributed by atoms with Crippen LogP contribution in [0.5, 0.6) is 0 Å². The minimum absolute atomic E-state index is 0.126. The molecule has 0 aliphatic carbocycles. The lowest BCUT2D eigenvalue weighted by Crippen LogP contribution is -2.06. The fourth-order valence-corrected chi connectivity index (χ4v) is 2.75. The van der Waals surface area contributed by atoms with Crippen molar-refractivity contribution in [3.8, 4) is 0 Å². The number of benzene rings is 1. The number of para-hydroxylation sites is 1. The van der Waals surface area contributed by atoms with Crippen LogP contribution >= 0.6 is 11.6 Å². The Morgan fingerprint density at radius 1 is 1.35 bits per heavy atom. The molecule has 0 amide bonds. The number of hydrogen-bond acceptors (Lipinski definition) is 2. The standard InChI is InChI=1S/C15H17ClN4/c1-10-5-4-6-13-14(10)20(15(18-13)11(2)16)9-12-7-17-19(3)8-12/h4-8,11H,9H2,1-3H3. The Balaban J connectivity index is 2.18. The van der Waals surface area contributed by atoms with Crippen LogP contribution in [-0.2, 0) is 13.6 Å². The van der Waals surface area contributed by atoms with Crippen molar-refractivity contribution in [2.75, 3.05) is 0 Å². The first-order valence-corrected chi connectivity index (χ1v) is 7.07. The number of alkyl halides is 1. The van der Waals surface area contributed by atoms with Gasteiger partial charge in [0.25, 0.3) is 0 Å². The molecule has 3 rings (SSSR count). The van der Waals surface area contributed by atoms with Crippen molar-refractivity contribution >= 4 is 22.6 Å². The van der Waals surface area contributed by atoms with Gasteiger partial charge in [0.1, 0.15) is 5.82 Å². The van der Waals surface area contributed by atoms with Gasteiger partial charge in [-0.2, -0.15) is 5.10 Å². The van der Waals surface area contributed by atoms with Crippen molar-refractivity contribution in [2.45, 2.75) is 25.8 Å². The summed E-state index contributed by atoms with van der Waals surface area (Å²) in [6, 6.07) is 6.17. The molecule has 1 unspecified atom stereocenters. The van der Waals surface area contributed by atoms with Crippen LogP contribution in [0.15, 0.2) is 30.6 Å². The molecule has 1 aromatic carbocycles. The molecule has 5 heteroatoms. The van der Waals surface area contributed by atoms with Gasteiger partial charge in [0.2, 0.25) is 0 Å². The molecular weight excluding hydrogens is 272 g/mol. The first kappa shape index (κ1) is 13.2. The number of aryl methyl sites for hydroxylation is 2. The lowest BCUT2D eigenvalue weighted by atomic mass is 10.2. The summed E-state index contributed by atoms with van der Waals surface area (Å²) in [6.45, 7) is 4.80. The summed E-state index contributed by atoms with van der Waals surface area (Å²) in [5.41, 5.74) is 4.51. The molecule has 0 aliphatic heterocycles. The number of aromatic nitrogens is 4. The van der Waals surface area contributed by atoms with E-state index in [4.69, 9.17) is 11.6 Å². The molecule has 0 aliphatic rings. The second-order valence-corrected chi connectivity index (χ2v) is 5.79. The topological polar surface area (TPSA) is 35.6 Å². The second-order valence-electron chi connectivity index (χ2n) is 5.14. The average Bonchev–Trinajstić information content (AvgIpc) is 2.95. The summed E-state index contributed by atoms with van der Waals surface area (Å²) >= 11 is 6.30. The predicted molar refractivity (Wildman–Crippen MR) is 81.0 cm³/mol. The highest BCUT2D eigenvalue weighted by molar-refractivity contribution is 6.20. The van der Waals surface area contributed by atoms with Gasteiger partial charge in [-0.05, 0) is 25.5 Å². The molecule has 0 saturated carbocycles. The van der Waals surface area contributed by atoms with Gasteiger partial charge in [0, 0.05) is 18.8 Å². The minimum Gasteiger partial charge on any atom is -0.322 e. The summed E-state index contributed by atoms with van der Waals surface area (Å²) in [6.07, 6.45) is 3.90. The maximum absolute atomic E-state index is 6.30. The van der Waals surface area contributed by atoms with E-state index in [-0.39, 0.29) is 5.38 Å². The molecule has 3 aromatic rings. The Hall–Kier alpha value is -1.81. The van der Waals surface area contributed by atoms with Crippen LogP contribution in [0.4, 0.5) is 0 Å². The molecule has 0 saturated heterocycles. The molecule has 20 heavy (non-hydrogen) atoms.